The highest BCUT2D eigenvalue weighted by Gasteiger charge is 2.26. The fourth-order valence-corrected chi connectivity index (χ4v) is 3.68. The van der Waals surface area contributed by atoms with Gasteiger partial charge in [-0.25, -0.2) is 0 Å². The lowest BCUT2D eigenvalue weighted by atomic mass is 9.91. The summed E-state index contributed by atoms with van der Waals surface area (Å²) in [7, 11) is 2.88. The van der Waals surface area contributed by atoms with Gasteiger partial charge in [0, 0.05) is 17.6 Å². The van der Waals surface area contributed by atoms with Crippen LogP contribution in [0.15, 0.2) is 71.2 Å². The largest absolute Gasteiger partial charge is 0.490 e. The van der Waals surface area contributed by atoms with E-state index in [0.29, 0.717) is 17.7 Å². The van der Waals surface area contributed by atoms with Crippen molar-refractivity contribution in [2.24, 2.45) is 0 Å². The lowest BCUT2D eigenvalue weighted by Gasteiger charge is -2.17. The third kappa shape index (κ3) is 10.0. The number of esters is 1. The molecule has 0 aliphatic carbocycles. The third-order valence-corrected chi connectivity index (χ3v) is 5.92. The standard InChI is InChI=1S/C26H25BrN2O7.C3H8/c1-28-25(30)16-35-21-10-5-18(6-11-21)15-36-26(31)22(13-17-3-8-20(27)9-4-17)19-7-12-24(34-2)23(14-19)29(32)33;1-3-2/h3-12,14,22H,13,15-16H2,1-2H3,(H,28,30);3H2,1-2H3. The van der Waals surface area contributed by atoms with Gasteiger partial charge in [0.1, 0.15) is 12.4 Å². The first kappa shape index (κ1) is 31.3. The van der Waals surface area contributed by atoms with E-state index in [2.05, 4.69) is 35.1 Å². The van der Waals surface area contributed by atoms with Crippen LogP contribution in [-0.4, -0.2) is 37.6 Å². The third-order valence-electron chi connectivity index (χ3n) is 5.39. The molecular weight excluding hydrogens is 568 g/mol. The highest BCUT2D eigenvalue weighted by Crippen LogP contribution is 2.33. The van der Waals surface area contributed by atoms with E-state index in [9.17, 15) is 19.7 Å². The molecule has 1 atom stereocenters. The van der Waals surface area contributed by atoms with Crippen molar-refractivity contribution in [2.45, 2.75) is 39.2 Å². The quantitative estimate of drug-likeness (QED) is 0.163. The summed E-state index contributed by atoms with van der Waals surface area (Å²) in [4.78, 5) is 35.5. The Bertz CT molecular complexity index is 1230. The van der Waals surface area contributed by atoms with Gasteiger partial charge >= 0.3 is 11.7 Å². The lowest BCUT2D eigenvalue weighted by molar-refractivity contribution is -0.385. The Morgan fingerprint density at radius 1 is 1.00 bits per heavy atom. The molecule has 0 saturated heterocycles. The molecule has 0 spiro atoms. The maximum Gasteiger partial charge on any atom is 0.314 e. The van der Waals surface area contributed by atoms with Gasteiger partial charge in [0.25, 0.3) is 5.91 Å². The van der Waals surface area contributed by atoms with Crippen LogP contribution in [0.5, 0.6) is 11.5 Å². The average molecular weight is 601 g/mol. The summed E-state index contributed by atoms with van der Waals surface area (Å²) in [5.74, 6) is -0.919. The Hall–Kier alpha value is -3.92. The van der Waals surface area contributed by atoms with Crippen LogP contribution in [0, 0.1) is 10.1 Å². The SMILES string of the molecule is CCC.CNC(=O)COc1ccc(COC(=O)C(Cc2ccc(Br)cc2)c2ccc(OC)c([N+](=O)[O-])c2)cc1. The number of nitrogens with zero attached hydrogens (tertiary/aromatic N) is 1. The molecule has 3 aromatic rings. The minimum atomic E-state index is -0.772. The van der Waals surface area contributed by atoms with Crippen molar-refractivity contribution in [1.82, 2.24) is 5.32 Å². The van der Waals surface area contributed by atoms with Crippen LogP contribution >= 0.6 is 15.9 Å². The average Bonchev–Trinajstić information content (AvgIpc) is 2.94. The zero-order valence-corrected chi connectivity index (χ0v) is 24.0. The molecule has 0 saturated carbocycles. The van der Waals surface area contributed by atoms with Crippen molar-refractivity contribution in [3.63, 3.8) is 0 Å². The molecule has 1 unspecified atom stereocenters. The maximum atomic E-state index is 13.2. The van der Waals surface area contributed by atoms with Gasteiger partial charge in [-0.3, -0.25) is 19.7 Å². The first-order chi connectivity index (χ1) is 18.7. The van der Waals surface area contributed by atoms with Gasteiger partial charge in [0.2, 0.25) is 0 Å². The van der Waals surface area contributed by atoms with Crippen LogP contribution in [0.3, 0.4) is 0 Å². The Balaban J connectivity index is 0.00000170. The summed E-state index contributed by atoms with van der Waals surface area (Å²) in [6.45, 7) is 4.15. The van der Waals surface area contributed by atoms with E-state index in [1.54, 1.807) is 30.3 Å². The Labute approximate surface area is 236 Å². The van der Waals surface area contributed by atoms with Crippen molar-refractivity contribution in [3.8, 4) is 11.5 Å². The van der Waals surface area contributed by atoms with E-state index >= 15 is 0 Å². The van der Waals surface area contributed by atoms with Crippen LogP contribution < -0.4 is 14.8 Å². The number of amides is 1. The number of carbonyl (C=O) groups is 2. The van der Waals surface area contributed by atoms with E-state index < -0.39 is 16.8 Å². The molecule has 0 bridgehead atoms. The summed E-state index contributed by atoms with van der Waals surface area (Å²) in [5, 5.41) is 14.0. The number of halogens is 1. The molecule has 0 radical (unpaired) electrons. The second-order valence-corrected chi connectivity index (χ2v) is 9.41. The smallest absolute Gasteiger partial charge is 0.314 e. The minimum absolute atomic E-state index is 0.00362. The molecule has 1 N–H and O–H groups in total. The molecule has 39 heavy (non-hydrogen) atoms. The zero-order valence-electron chi connectivity index (χ0n) is 22.4. The Morgan fingerprint density at radius 2 is 1.62 bits per heavy atom. The van der Waals surface area contributed by atoms with Gasteiger partial charge in [-0.15, -0.1) is 0 Å². The molecule has 3 rings (SSSR count). The van der Waals surface area contributed by atoms with Crippen LogP contribution in [-0.2, 0) is 27.4 Å². The number of nitro benzene ring substituents is 1. The molecule has 10 heteroatoms. The first-order valence-corrected chi connectivity index (χ1v) is 13.2. The second-order valence-electron chi connectivity index (χ2n) is 8.49. The van der Waals surface area contributed by atoms with Crippen LogP contribution in [0.1, 0.15) is 42.9 Å². The lowest BCUT2D eigenvalue weighted by Crippen LogP contribution is -2.24. The van der Waals surface area contributed by atoms with Gasteiger partial charge in [-0.05, 0) is 53.4 Å². The summed E-state index contributed by atoms with van der Waals surface area (Å²) in [5.41, 5.74) is 1.82. The highest BCUT2D eigenvalue weighted by atomic mass is 79.9. The molecule has 3 aromatic carbocycles. The van der Waals surface area contributed by atoms with E-state index in [4.69, 9.17) is 14.2 Å². The fourth-order valence-electron chi connectivity index (χ4n) is 3.42. The Kier molecular flexibility index (Phi) is 12.9. The molecule has 1 amide bonds. The van der Waals surface area contributed by atoms with Crippen LogP contribution in [0.25, 0.3) is 0 Å². The number of benzene rings is 3. The van der Waals surface area contributed by atoms with Gasteiger partial charge in [0.15, 0.2) is 12.4 Å². The van der Waals surface area contributed by atoms with E-state index in [0.717, 1.165) is 15.6 Å². The number of methoxy groups -OCH3 is 1. The van der Waals surface area contributed by atoms with Crippen molar-refractivity contribution in [3.05, 3.63) is 98.0 Å². The highest BCUT2D eigenvalue weighted by molar-refractivity contribution is 9.10. The molecule has 0 aliphatic rings. The monoisotopic (exact) mass is 600 g/mol. The second kappa shape index (κ2) is 16.1. The van der Waals surface area contributed by atoms with Crippen molar-refractivity contribution < 1.29 is 28.7 Å². The van der Waals surface area contributed by atoms with E-state index in [1.807, 2.05) is 24.3 Å². The molecule has 0 fully saturated rings. The Morgan fingerprint density at radius 3 is 2.18 bits per heavy atom. The number of ether oxygens (including phenoxy) is 3. The van der Waals surface area contributed by atoms with Crippen molar-refractivity contribution in [1.29, 1.82) is 0 Å². The normalized spacial score (nSPS) is 10.9. The topological polar surface area (TPSA) is 117 Å². The molecule has 0 aliphatic heterocycles. The van der Waals surface area contributed by atoms with Gasteiger partial charge in [-0.1, -0.05) is 66.5 Å². The zero-order chi connectivity index (χ0) is 28.8. The number of hydrogen-bond donors (Lipinski definition) is 1. The summed E-state index contributed by atoms with van der Waals surface area (Å²) in [6, 6.07) is 18.8. The van der Waals surface area contributed by atoms with Gasteiger partial charge < -0.3 is 19.5 Å². The predicted molar refractivity (Wildman–Crippen MR) is 152 cm³/mol. The first-order valence-electron chi connectivity index (χ1n) is 12.4. The molecule has 9 nitrogen and oxygen atoms in total. The summed E-state index contributed by atoms with van der Waals surface area (Å²) >= 11 is 3.39. The number of nitrogens with one attached hydrogen (secondary N) is 1. The fraction of sp³-hybridized carbons (Fsp3) is 0.310. The number of nitro groups is 1. The van der Waals surface area contributed by atoms with Crippen LogP contribution in [0.4, 0.5) is 5.69 Å². The number of rotatable bonds is 11. The number of carbonyl (C=O) groups excluding carboxylic acids is 2. The van der Waals surface area contributed by atoms with E-state index in [1.165, 1.54) is 32.7 Å². The molecular formula is C29H33BrN2O7. The van der Waals surface area contributed by atoms with Crippen molar-refractivity contribution in [2.75, 3.05) is 20.8 Å². The summed E-state index contributed by atoms with van der Waals surface area (Å²) < 4.78 is 17.0. The molecule has 0 heterocycles. The van der Waals surface area contributed by atoms with Crippen molar-refractivity contribution >= 4 is 33.5 Å². The molecule has 0 aromatic heterocycles. The number of likely N-dealkylation sites (N-methyl/N-ethyl adjacent to an activating group) is 1. The van der Waals surface area contributed by atoms with Crippen LogP contribution in [0.2, 0.25) is 0 Å². The van der Waals surface area contributed by atoms with Gasteiger partial charge in [-0.2, -0.15) is 0 Å². The molecule has 208 valence electrons. The predicted octanol–water partition coefficient (Wildman–Crippen LogP) is 5.98. The van der Waals surface area contributed by atoms with E-state index in [-0.39, 0.29) is 30.6 Å². The minimum Gasteiger partial charge on any atom is -0.490 e. The summed E-state index contributed by atoms with van der Waals surface area (Å²) in [6.07, 6.45) is 1.54. The number of hydrogen-bond acceptors (Lipinski definition) is 7. The maximum absolute atomic E-state index is 13.2. The van der Waals surface area contributed by atoms with Gasteiger partial charge in [0.05, 0.1) is 18.0 Å².